The summed E-state index contributed by atoms with van der Waals surface area (Å²) in [6, 6.07) is 9.98. The Bertz CT molecular complexity index is 661. The van der Waals surface area contributed by atoms with Crippen LogP contribution in [0.25, 0.3) is 0 Å². The van der Waals surface area contributed by atoms with Gasteiger partial charge in [0.05, 0.1) is 4.92 Å². The Morgan fingerprint density at radius 1 is 1.30 bits per heavy atom. The van der Waals surface area contributed by atoms with Crippen LogP contribution in [0, 0.1) is 17.0 Å². The third-order valence-electron chi connectivity index (χ3n) is 2.76. The molecule has 20 heavy (non-hydrogen) atoms. The van der Waals surface area contributed by atoms with Crippen LogP contribution in [-0.2, 0) is 5.33 Å². The third-order valence-corrected chi connectivity index (χ3v) is 3.60. The maximum absolute atomic E-state index is 10.8. The molecule has 2 rings (SSSR count). The molecule has 0 heterocycles. The second-order valence-corrected chi connectivity index (χ2v) is 5.19. The molecule has 0 spiro atoms. The molecule has 0 atom stereocenters. The van der Waals surface area contributed by atoms with Crippen LogP contribution >= 0.6 is 27.5 Å². The minimum absolute atomic E-state index is 0.0779. The fourth-order valence-electron chi connectivity index (χ4n) is 1.78. The molecule has 0 radical (unpaired) electrons. The number of aryl methyl sites for hydroxylation is 1. The van der Waals surface area contributed by atoms with Crippen molar-refractivity contribution in [2.45, 2.75) is 12.3 Å². The number of nitro benzene ring substituents is 1. The highest BCUT2D eigenvalue weighted by Gasteiger charge is 2.12. The Kier molecular flexibility index (Phi) is 4.62. The van der Waals surface area contributed by atoms with Crippen LogP contribution in [0.1, 0.15) is 11.1 Å². The topological polar surface area (TPSA) is 52.4 Å². The second kappa shape index (κ2) is 6.24. The van der Waals surface area contributed by atoms with Gasteiger partial charge in [-0.2, -0.15) is 0 Å². The van der Waals surface area contributed by atoms with E-state index in [4.69, 9.17) is 16.3 Å². The number of hydrogen-bond donors (Lipinski definition) is 0. The number of rotatable bonds is 4. The number of halogens is 2. The van der Waals surface area contributed by atoms with E-state index in [-0.39, 0.29) is 5.69 Å². The Balaban J connectivity index is 2.31. The van der Waals surface area contributed by atoms with Gasteiger partial charge in [0.15, 0.2) is 0 Å². The highest BCUT2D eigenvalue weighted by molar-refractivity contribution is 9.08. The molecule has 0 unspecified atom stereocenters. The highest BCUT2D eigenvalue weighted by Crippen LogP contribution is 2.31. The molecule has 0 fully saturated rings. The average molecular weight is 357 g/mol. The van der Waals surface area contributed by atoms with Gasteiger partial charge >= 0.3 is 0 Å². The first-order chi connectivity index (χ1) is 9.51. The summed E-state index contributed by atoms with van der Waals surface area (Å²) < 4.78 is 5.76. The van der Waals surface area contributed by atoms with Gasteiger partial charge in [-0.1, -0.05) is 27.5 Å². The first-order valence-corrected chi connectivity index (χ1v) is 7.28. The van der Waals surface area contributed by atoms with Crippen LogP contribution in [0.2, 0.25) is 5.02 Å². The molecule has 0 saturated heterocycles. The van der Waals surface area contributed by atoms with E-state index in [0.29, 0.717) is 27.4 Å². The van der Waals surface area contributed by atoms with E-state index in [9.17, 15) is 10.1 Å². The van der Waals surface area contributed by atoms with Gasteiger partial charge < -0.3 is 4.74 Å². The normalized spacial score (nSPS) is 10.3. The molecule has 0 aliphatic rings. The van der Waals surface area contributed by atoms with Crippen molar-refractivity contribution in [1.82, 2.24) is 0 Å². The van der Waals surface area contributed by atoms with E-state index in [0.717, 1.165) is 5.56 Å². The van der Waals surface area contributed by atoms with Crippen molar-refractivity contribution in [2.75, 3.05) is 0 Å². The quantitative estimate of drug-likeness (QED) is 0.427. The van der Waals surface area contributed by atoms with E-state index in [1.807, 2.05) is 6.07 Å². The van der Waals surface area contributed by atoms with Crippen molar-refractivity contribution in [3.05, 3.63) is 62.7 Å². The first kappa shape index (κ1) is 14.8. The molecule has 2 aromatic carbocycles. The summed E-state index contributed by atoms with van der Waals surface area (Å²) in [4.78, 5) is 10.4. The van der Waals surface area contributed by atoms with Gasteiger partial charge in [0.25, 0.3) is 5.69 Å². The minimum atomic E-state index is -0.411. The molecule has 0 aliphatic carbocycles. The number of benzene rings is 2. The zero-order valence-corrected chi connectivity index (χ0v) is 12.9. The van der Waals surface area contributed by atoms with E-state index < -0.39 is 4.92 Å². The lowest BCUT2D eigenvalue weighted by atomic mass is 10.2. The molecule has 0 aliphatic heterocycles. The number of ether oxygens (including phenoxy) is 1. The summed E-state index contributed by atoms with van der Waals surface area (Å²) in [6.45, 7) is 1.68. The number of hydrogen-bond acceptors (Lipinski definition) is 3. The monoisotopic (exact) mass is 355 g/mol. The SMILES string of the molecule is Cc1cc(Oc2ccc(Cl)cc2CBr)ccc1[N+](=O)[O-]. The summed E-state index contributed by atoms with van der Waals surface area (Å²) in [6.07, 6.45) is 0. The van der Waals surface area contributed by atoms with Crippen LogP contribution in [0.15, 0.2) is 36.4 Å². The standard InChI is InChI=1S/C14H11BrClNO3/c1-9-6-12(3-4-13(9)17(18)19)20-14-5-2-11(16)7-10(14)8-15/h2-7H,8H2,1H3. The van der Waals surface area contributed by atoms with Crippen molar-refractivity contribution < 1.29 is 9.66 Å². The third kappa shape index (κ3) is 3.29. The fourth-order valence-corrected chi connectivity index (χ4v) is 2.41. The molecule has 4 nitrogen and oxygen atoms in total. The minimum Gasteiger partial charge on any atom is -0.457 e. The molecule has 0 amide bonds. The van der Waals surface area contributed by atoms with Crippen LogP contribution in [0.4, 0.5) is 5.69 Å². The van der Waals surface area contributed by atoms with E-state index in [1.54, 1.807) is 31.2 Å². The second-order valence-electron chi connectivity index (χ2n) is 4.19. The van der Waals surface area contributed by atoms with Crippen LogP contribution < -0.4 is 4.74 Å². The van der Waals surface area contributed by atoms with Gasteiger partial charge in [-0.25, -0.2) is 0 Å². The molecule has 6 heteroatoms. The maximum atomic E-state index is 10.8. The molecule has 0 aromatic heterocycles. The summed E-state index contributed by atoms with van der Waals surface area (Å²) in [5, 5.41) is 12.0. The zero-order valence-electron chi connectivity index (χ0n) is 10.6. The van der Waals surface area contributed by atoms with Crippen molar-refractivity contribution in [2.24, 2.45) is 0 Å². The lowest BCUT2D eigenvalue weighted by molar-refractivity contribution is -0.385. The van der Waals surface area contributed by atoms with Crippen molar-refractivity contribution in [3.8, 4) is 11.5 Å². The Hall–Kier alpha value is -1.59. The molecule has 2 aromatic rings. The van der Waals surface area contributed by atoms with Gasteiger partial charge in [0, 0.05) is 27.5 Å². The van der Waals surface area contributed by atoms with E-state index >= 15 is 0 Å². The average Bonchev–Trinajstić information content (AvgIpc) is 2.40. The first-order valence-electron chi connectivity index (χ1n) is 5.78. The van der Waals surface area contributed by atoms with Gasteiger partial charge in [-0.15, -0.1) is 0 Å². The Labute approximate surface area is 129 Å². The van der Waals surface area contributed by atoms with Crippen molar-refractivity contribution >= 4 is 33.2 Å². The Morgan fingerprint density at radius 3 is 2.65 bits per heavy atom. The number of nitrogens with zero attached hydrogens (tertiary/aromatic N) is 1. The lowest BCUT2D eigenvalue weighted by Gasteiger charge is -2.10. The summed E-state index contributed by atoms with van der Waals surface area (Å²) in [5.41, 5.74) is 1.55. The summed E-state index contributed by atoms with van der Waals surface area (Å²) >= 11 is 9.30. The van der Waals surface area contributed by atoms with E-state index in [2.05, 4.69) is 15.9 Å². The van der Waals surface area contributed by atoms with Gasteiger partial charge in [-0.3, -0.25) is 10.1 Å². The van der Waals surface area contributed by atoms with E-state index in [1.165, 1.54) is 6.07 Å². The summed E-state index contributed by atoms with van der Waals surface area (Å²) in [5.74, 6) is 1.22. The number of alkyl halides is 1. The van der Waals surface area contributed by atoms with Gasteiger partial charge in [0.1, 0.15) is 11.5 Å². The van der Waals surface area contributed by atoms with Gasteiger partial charge in [0.2, 0.25) is 0 Å². The molecule has 0 saturated carbocycles. The smallest absolute Gasteiger partial charge is 0.272 e. The fraction of sp³-hybridized carbons (Fsp3) is 0.143. The predicted molar refractivity (Wildman–Crippen MR) is 82.0 cm³/mol. The van der Waals surface area contributed by atoms with Gasteiger partial charge in [-0.05, 0) is 37.3 Å². The molecule has 0 N–H and O–H groups in total. The predicted octanol–water partition coefficient (Wildman–Crippen LogP) is 5.24. The maximum Gasteiger partial charge on any atom is 0.272 e. The molecular formula is C14H11BrClNO3. The Morgan fingerprint density at radius 2 is 2.05 bits per heavy atom. The molecule has 104 valence electrons. The summed E-state index contributed by atoms with van der Waals surface area (Å²) in [7, 11) is 0. The largest absolute Gasteiger partial charge is 0.457 e. The number of nitro groups is 1. The lowest BCUT2D eigenvalue weighted by Crippen LogP contribution is -1.93. The van der Waals surface area contributed by atoms with Crippen molar-refractivity contribution in [1.29, 1.82) is 0 Å². The van der Waals surface area contributed by atoms with Crippen LogP contribution in [0.5, 0.6) is 11.5 Å². The highest BCUT2D eigenvalue weighted by atomic mass is 79.9. The van der Waals surface area contributed by atoms with Crippen LogP contribution in [-0.4, -0.2) is 4.92 Å². The molecule has 0 bridgehead atoms. The molecular weight excluding hydrogens is 346 g/mol. The zero-order chi connectivity index (χ0) is 14.7. The van der Waals surface area contributed by atoms with Crippen LogP contribution in [0.3, 0.4) is 0 Å². The van der Waals surface area contributed by atoms with Crippen molar-refractivity contribution in [3.63, 3.8) is 0 Å².